The van der Waals surface area contributed by atoms with Crippen LogP contribution in [0, 0.1) is 0 Å². The molecule has 0 saturated carbocycles. The van der Waals surface area contributed by atoms with E-state index >= 15 is 0 Å². The summed E-state index contributed by atoms with van der Waals surface area (Å²) in [4.78, 5) is 10.9. The Hall–Kier alpha value is -0.830. The lowest BCUT2D eigenvalue weighted by Crippen LogP contribution is -2.08. The molecule has 0 radical (unpaired) electrons. The van der Waals surface area contributed by atoms with Crippen LogP contribution in [0.15, 0.2) is 12.2 Å². The van der Waals surface area contributed by atoms with E-state index in [4.69, 9.17) is 4.74 Å². The Morgan fingerprint density at radius 2 is 1.84 bits per heavy atom. The summed E-state index contributed by atoms with van der Waals surface area (Å²) < 4.78 is 10.0. The van der Waals surface area contributed by atoms with Gasteiger partial charge < -0.3 is 9.47 Å². The van der Waals surface area contributed by atoms with Gasteiger partial charge in [-0.15, -0.1) is 0 Å². The molecule has 0 aliphatic rings. The molecule has 0 N–H and O–H groups in total. The second-order valence-electron chi connectivity index (χ2n) is 4.88. The van der Waals surface area contributed by atoms with Crippen molar-refractivity contribution >= 4 is 5.97 Å². The summed E-state index contributed by atoms with van der Waals surface area (Å²) >= 11 is 0. The first-order valence-electron chi connectivity index (χ1n) is 7.49. The van der Waals surface area contributed by atoms with Crippen molar-refractivity contribution in [2.24, 2.45) is 0 Å². The molecule has 0 aromatic rings. The van der Waals surface area contributed by atoms with Crippen LogP contribution in [0.4, 0.5) is 0 Å². The van der Waals surface area contributed by atoms with Gasteiger partial charge in [0.05, 0.1) is 13.2 Å². The lowest BCUT2D eigenvalue weighted by atomic mass is 10.1. The summed E-state index contributed by atoms with van der Waals surface area (Å²) in [6.45, 7) is 2.23. The number of rotatable bonds is 12. The Balaban J connectivity index is 3.57. The quantitative estimate of drug-likeness (QED) is 0.302. The van der Waals surface area contributed by atoms with Gasteiger partial charge in [-0.25, -0.2) is 0 Å². The number of allylic oxidation sites excluding steroid dienone is 1. The van der Waals surface area contributed by atoms with Crippen LogP contribution < -0.4 is 0 Å². The maximum Gasteiger partial charge on any atom is 0.305 e. The molecule has 0 aromatic heterocycles. The molecule has 112 valence electrons. The molecule has 0 bridgehead atoms. The molecule has 19 heavy (non-hydrogen) atoms. The van der Waals surface area contributed by atoms with Crippen molar-refractivity contribution in [3.05, 3.63) is 12.2 Å². The van der Waals surface area contributed by atoms with Crippen molar-refractivity contribution in [1.82, 2.24) is 0 Å². The minimum Gasteiger partial charge on any atom is -0.469 e. The number of unbranched alkanes of at least 4 members (excludes halogenated alkanes) is 4. The van der Waals surface area contributed by atoms with Crippen LogP contribution in [-0.4, -0.2) is 26.3 Å². The van der Waals surface area contributed by atoms with Crippen molar-refractivity contribution in [3.63, 3.8) is 0 Å². The molecule has 3 heteroatoms. The van der Waals surface area contributed by atoms with Crippen LogP contribution in [0.3, 0.4) is 0 Å². The fourth-order valence-corrected chi connectivity index (χ4v) is 1.98. The molecule has 0 heterocycles. The second kappa shape index (κ2) is 13.6. The van der Waals surface area contributed by atoms with E-state index in [-0.39, 0.29) is 5.97 Å². The van der Waals surface area contributed by atoms with E-state index in [9.17, 15) is 4.79 Å². The van der Waals surface area contributed by atoms with Gasteiger partial charge in [0.15, 0.2) is 0 Å². The molecule has 3 nitrogen and oxygen atoms in total. The van der Waals surface area contributed by atoms with Crippen LogP contribution in [0.5, 0.6) is 0 Å². The van der Waals surface area contributed by atoms with Gasteiger partial charge in [-0.1, -0.05) is 51.2 Å². The molecule has 0 rings (SSSR count). The molecule has 0 saturated heterocycles. The standard InChI is InChI=1S/C16H30O3/c1-4-5-6-7-9-12-15(18-2)13-10-8-11-14-16(17)19-3/h8,10,15H,4-7,9,11-14H2,1-3H3/t15-/m1/s1. The predicted molar refractivity (Wildman–Crippen MR) is 79.2 cm³/mol. The zero-order valence-electron chi connectivity index (χ0n) is 12.8. The number of carbonyl (C=O) groups excluding carboxylic acids is 1. The molecule has 0 spiro atoms. The maximum atomic E-state index is 10.9. The minimum atomic E-state index is -0.149. The number of esters is 1. The number of methoxy groups -OCH3 is 2. The van der Waals surface area contributed by atoms with E-state index in [1.807, 2.05) is 6.08 Å². The van der Waals surface area contributed by atoms with Gasteiger partial charge in [0.2, 0.25) is 0 Å². The third kappa shape index (κ3) is 12.0. The molecular weight excluding hydrogens is 240 g/mol. The van der Waals surface area contributed by atoms with E-state index in [0.29, 0.717) is 12.5 Å². The van der Waals surface area contributed by atoms with Crippen molar-refractivity contribution in [3.8, 4) is 0 Å². The normalized spacial score (nSPS) is 12.8. The monoisotopic (exact) mass is 270 g/mol. The smallest absolute Gasteiger partial charge is 0.305 e. The highest BCUT2D eigenvalue weighted by atomic mass is 16.5. The number of hydrogen-bond donors (Lipinski definition) is 0. The Kier molecular flexibility index (Phi) is 13.0. The van der Waals surface area contributed by atoms with Gasteiger partial charge in [-0.05, 0) is 19.3 Å². The lowest BCUT2D eigenvalue weighted by Gasteiger charge is -2.12. The van der Waals surface area contributed by atoms with Crippen molar-refractivity contribution in [2.45, 2.75) is 70.8 Å². The summed E-state index contributed by atoms with van der Waals surface area (Å²) in [6, 6.07) is 0. The van der Waals surface area contributed by atoms with Crippen molar-refractivity contribution in [2.75, 3.05) is 14.2 Å². The van der Waals surface area contributed by atoms with Gasteiger partial charge in [0.1, 0.15) is 0 Å². The molecular formula is C16H30O3. The lowest BCUT2D eigenvalue weighted by molar-refractivity contribution is -0.140. The fraction of sp³-hybridized carbons (Fsp3) is 0.812. The topological polar surface area (TPSA) is 35.5 Å². The Bertz CT molecular complexity index is 236. The van der Waals surface area contributed by atoms with Gasteiger partial charge >= 0.3 is 5.97 Å². The van der Waals surface area contributed by atoms with E-state index < -0.39 is 0 Å². The second-order valence-corrected chi connectivity index (χ2v) is 4.88. The highest BCUT2D eigenvalue weighted by Gasteiger charge is 2.04. The van der Waals surface area contributed by atoms with Gasteiger partial charge in [-0.3, -0.25) is 4.79 Å². The zero-order chi connectivity index (χ0) is 14.3. The summed E-state index contributed by atoms with van der Waals surface area (Å²) in [5.41, 5.74) is 0. The van der Waals surface area contributed by atoms with E-state index in [1.165, 1.54) is 39.2 Å². The van der Waals surface area contributed by atoms with Crippen molar-refractivity contribution in [1.29, 1.82) is 0 Å². The highest BCUT2D eigenvalue weighted by Crippen LogP contribution is 2.12. The first kappa shape index (κ1) is 18.2. The van der Waals surface area contributed by atoms with Crippen LogP contribution in [0.2, 0.25) is 0 Å². The first-order chi connectivity index (χ1) is 9.24. The highest BCUT2D eigenvalue weighted by molar-refractivity contribution is 5.69. The first-order valence-corrected chi connectivity index (χ1v) is 7.49. The molecule has 0 aromatic carbocycles. The average Bonchev–Trinajstić information content (AvgIpc) is 2.44. The minimum absolute atomic E-state index is 0.149. The number of hydrogen-bond acceptors (Lipinski definition) is 3. The summed E-state index contributed by atoms with van der Waals surface area (Å²) in [5.74, 6) is -0.149. The number of ether oxygens (including phenoxy) is 2. The Morgan fingerprint density at radius 3 is 2.47 bits per heavy atom. The molecule has 0 unspecified atom stereocenters. The van der Waals surface area contributed by atoms with Crippen LogP contribution in [-0.2, 0) is 14.3 Å². The third-order valence-electron chi connectivity index (χ3n) is 3.27. The van der Waals surface area contributed by atoms with Crippen LogP contribution in [0.1, 0.15) is 64.7 Å². The van der Waals surface area contributed by atoms with Gasteiger partial charge in [-0.2, -0.15) is 0 Å². The van der Waals surface area contributed by atoms with Crippen molar-refractivity contribution < 1.29 is 14.3 Å². The molecule has 0 aliphatic carbocycles. The number of carbonyl (C=O) groups is 1. The molecule has 1 atom stereocenters. The summed E-state index contributed by atoms with van der Waals surface area (Å²) in [5, 5.41) is 0. The van der Waals surface area contributed by atoms with Gasteiger partial charge in [0, 0.05) is 13.5 Å². The third-order valence-corrected chi connectivity index (χ3v) is 3.27. The SMILES string of the molecule is CCCCCCC[C@H](CC=CCCC(=O)OC)OC. The fourth-order valence-electron chi connectivity index (χ4n) is 1.98. The molecule has 0 fully saturated rings. The van der Waals surface area contributed by atoms with E-state index in [2.05, 4.69) is 17.7 Å². The van der Waals surface area contributed by atoms with Gasteiger partial charge in [0.25, 0.3) is 0 Å². The Labute approximate surface area is 118 Å². The summed E-state index contributed by atoms with van der Waals surface area (Å²) in [7, 11) is 3.20. The van der Waals surface area contributed by atoms with E-state index in [0.717, 1.165) is 19.3 Å². The maximum absolute atomic E-state index is 10.9. The largest absolute Gasteiger partial charge is 0.469 e. The van der Waals surface area contributed by atoms with Crippen LogP contribution in [0.25, 0.3) is 0 Å². The van der Waals surface area contributed by atoms with Crippen LogP contribution >= 0.6 is 0 Å². The molecule has 0 amide bonds. The predicted octanol–water partition coefficient (Wildman–Crippen LogP) is 4.26. The Morgan fingerprint density at radius 1 is 1.11 bits per heavy atom. The average molecular weight is 270 g/mol. The summed E-state index contributed by atoms with van der Waals surface area (Å²) in [6.07, 6.45) is 14.3. The zero-order valence-corrected chi connectivity index (χ0v) is 12.8. The van der Waals surface area contributed by atoms with E-state index in [1.54, 1.807) is 7.11 Å². The molecule has 0 aliphatic heterocycles.